The Balaban J connectivity index is 1.48. The number of nitrogens with zero attached hydrogens (tertiary/aromatic N) is 2. The molecule has 0 spiro atoms. The van der Waals surface area contributed by atoms with Crippen molar-refractivity contribution < 1.29 is 9.59 Å². The number of nitrogens with one attached hydrogen (secondary N) is 2. The molecule has 34 heavy (non-hydrogen) atoms. The zero-order valence-corrected chi connectivity index (χ0v) is 21.2. The molecule has 0 unspecified atom stereocenters. The van der Waals surface area contributed by atoms with Gasteiger partial charge in [-0.25, -0.2) is 4.79 Å². The molecule has 6 nitrogen and oxygen atoms in total. The van der Waals surface area contributed by atoms with Gasteiger partial charge in [-0.15, -0.1) is 0 Å². The predicted molar refractivity (Wildman–Crippen MR) is 138 cm³/mol. The molecule has 1 aliphatic heterocycles. The van der Waals surface area contributed by atoms with E-state index in [0.29, 0.717) is 36.1 Å². The van der Waals surface area contributed by atoms with E-state index in [2.05, 4.69) is 39.8 Å². The van der Waals surface area contributed by atoms with Crippen LogP contribution in [0.4, 0.5) is 4.79 Å². The lowest BCUT2D eigenvalue weighted by Crippen LogP contribution is -2.52. The summed E-state index contributed by atoms with van der Waals surface area (Å²) in [5.41, 5.74) is 2.34. The van der Waals surface area contributed by atoms with E-state index in [1.807, 2.05) is 29.2 Å². The molecule has 3 rings (SSSR count). The van der Waals surface area contributed by atoms with Crippen molar-refractivity contribution in [1.29, 1.82) is 0 Å². The van der Waals surface area contributed by atoms with Crippen molar-refractivity contribution in [2.75, 3.05) is 39.8 Å². The minimum atomic E-state index is -0.000420. The van der Waals surface area contributed by atoms with Crippen LogP contribution in [-0.4, -0.2) is 61.5 Å². The molecule has 0 saturated carbocycles. The summed E-state index contributed by atoms with van der Waals surface area (Å²) in [5.74, 6) is 0.0850. The van der Waals surface area contributed by atoms with Crippen LogP contribution < -0.4 is 10.6 Å². The number of hydrogen-bond donors (Lipinski definition) is 2. The highest BCUT2D eigenvalue weighted by atomic mass is 35.5. The Bertz CT molecular complexity index is 868. The van der Waals surface area contributed by atoms with E-state index < -0.39 is 0 Å². The van der Waals surface area contributed by atoms with Gasteiger partial charge in [0.05, 0.1) is 6.04 Å². The smallest absolute Gasteiger partial charge is 0.317 e. The summed E-state index contributed by atoms with van der Waals surface area (Å²) in [6.45, 7) is 3.58. The van der Waals surface area contributed by atoms with Gasteiger partial charge < -0.3 is 15.5 Å². The number of amides is 3. The maximum absolute atomic E-state index is 12.6. The first-order valence-electron chi connectivity index (χ1n) is 12.0. The second-order valence-corrected chi connectivity index (χ2v) is 9.47. The number of urea groups is 1. The molecule has 3 amide bonds. The predicted octanol–water partition coefficient (Wildman–Crippen LogP) is 5.11. The number of carbonyl (C=O) groups is 2. The van der Waals surface area contributed by atoms with Crippen LogP contribution in [0.2, 0.25) is 10.0 Å². The number of unbranched alkanes of at least 4 members (excludes halogenated alkanes) is 3. The van der Waals surface area contributed by atoms with E-state index in [1.165, 1.54) is 11.1 Å². The Hall–Kier alpha value is -2.28. The lowest BCUT2D eigenvalue weighted by Gasteiger charge is -2.39. The van der Waals surface area contributed by atoms with Crippen LogP contribution >= 0.6 is 23.2 Å². The quantitative estimate of drug-likeness (QED) is 0.442. The van der Waals surface area contributed by atoms with Crippen molar-refractivity contribution in [2.45, 2.75) is 38.1 Å². The Labute approximate surface area is 212 Å². The lowest BCUT2D eigenvalue weighted by molar-refractivity contribution is -0.120. The number of benzene rings is 2. The summed E-state index contributed by atoms with van der Waals surface area (Å²) >= 11 is 12.2. The molecule has 1 aliphatic rings. The van der Waals surface area contributed by atoms with Gasteiger partial charge in [0.15, 0.2) is 0 Å². The minimum Gasteiger partial charge on any atom is -0.359 e. The summed E-state index contributed by atoms with van der Waals surface area (Å²) in [4.78, 5) is 28.1. The molecule has 2 aromatic carbocycles. The zero-order chi connectivity index (χ0) is 24.3. The molecule has 184 valence electrons. The van der Waals surface area contributed by atoms with Crippen molar-refractivity contribution >= 4 is 35.1 Å². The molecule has 0 bridgehead atoms. The molecule has 1 saturated heterocycles. The Morgan fingerprint density at radius 3 is 1.88 bits per heavy atom. The maximum Gasteiger partial charge on any atom is 0.317 e. The number of piperazine rings is 1. The second-order valence-electron chi connectivity index (χ2n) is 8.60. The van der Waals surface area contributed by atoms with E-state index in [-0.39, 0.29) is 18.0 Å². The molecule has 8 heteroatoms. The monoisotopic (exact) mass is 504 g/mol. The fourth-order valence-electron chi connectivity index (χ4n) is 4.28. The Kier molecular flexibility index (Phi) is 10.5. The molecular weight excluding hydrogens is 471 g/mol. The van der Waals surface area contributed by atoms with Crippen molar-refractivity contribution in [3.63, 3.8) is 0 Å². The summed E-state index contributed by atoms with van der Waals surface area (Å²) in [5, 5.41) is 7.11. The molecular formula is C26H34Cl2N4O2. The highest BCUT2D eigenvalue weighted by molar-refractivity contribution is 6.30. The standard InChI is InChI=1S/C26H34Cl2N4O2/c1-29-24(33)6-4-2-3-5-15-30-26(34)32-18-16-31(17-19-32)25(20-7-11-22(27)12-8-20)21-9-13-23(28)14-10-21/h7-14,25H,2-6,15-19H2,1H3,(H,29,33)(H,30,34). The highest BCUT2D eigenvalue weighted by Gasteiger charge is 2.28. The molecule has 2 aromatic rings. The minimum absolute atomic E-state index is 0.000420. The van der Waals surface area contributed by atoms with Crippen LogP contribution in [0, 0.1) is 0 Å². The van der Waals surface area contributed by atoms with Gasteiger partial charge in [0.2, 0.25) is 5.91 Å². The fourth-order valence-corrected chi connectivity index (χ4v) is 4.54. The van der Waals surface area contributed by atoms with Gasteiger partial charge in [0.1, 0.15) is 0 Å². The zero-order valence-electron chi connectivity index (χ0n) is 19.7. The third kappa shape index (κ3) is 7.90. The van der Waals surface area contributed by atoms with Crippen molar-refractivity contribution in [1.82, 2.24) is 20.4 Å². The average Bonchev–Trinajstić information content (AvgIpc) is 2.86. The number of hydrogen-bond acceptors (Lipinski definition) is 3. The molecule has 1 heterocycles. The van der Waals surface area contributed by atoms with Crippen LogP contribution in [0.3, 0.4) is 0 Å². The maximum atomic E-state index is 12.6. The van der Waals surface area contributed by atoms with Gasteiger partial charge >= 0.3 is 6.03 Å². The van der Waals surface area contributed by atoms with Crippen LogP contribution in [0.1, 0.15) is 49.3 Å². The summed E-state index contributed by atoms with van der Waals surface area (Å²) in [6.07, 6.45) is 4.39. The van der Waals surface area contributed by atoms with Gasteiger partial charge in [-0.2, -0.15) is 0 Å². The fraction of sp³-hybridized carbons (Fsp3) is 0.462. The van der Waals surface area contributed by atoms with Gasteiger partial charge in [-0.1, -0.05) is 60.3 Å². The largest absolute Gasteiger partial charge is 0.359 e. The summed E-state index contributed by atoms with van der Waals surface area (Å²) in [6, 6.07) is 16.0. The Morgan fingerprint density at radius 2 is 1.35 bits per heavy atom. The number of carbonyl (C=O) groups excluding carboxylic acids is 2. The first-order valence-corrected chi connectivity index (χ1v) is 12.7. The molecule has 0 aliphatic carbocycles. The van der Waals surface area contributed by atoms with Gasteiger partial charge in [-0.3, -0.25) is 9.69 Å². The molecule has 0 aromatic heterocycles. The molecule has 0 radical (unpaired) electrons. The Morgan fingerprint density at radius 1 is 0.824 bits per heavy atom. The summed E-state index contributed by atoms with van der Waals surface area (Å²) < 4.78 is 0. The van der Waals surface area contributed by atoms with E-state index >= 15 is 0 Å². The summed E-state index contributed by atoms with van der Waals surface area (Å²) in [7, 11) is 1.66. The number of halogens is 2. The van der Waals surface area contributed by atoms with Crippen LogP contribution in [-0.2, 0) is 4.79 Å². The van der Waals surface area contributed by atoms with Gasteiger partial charge in [-0.05, 0) is 48.2 Å². The van der Waals surface area contributed by atoms with Crippen molar-refractivity contribution in [2.24, 2.45) is 0 Å². The molecule has 2 N–H and O–H groups in total. The first-order chi connectivity index (χ1) is 16.5. The highest BCUT2D eigenvalue weighted by Crippen LogP contribution is 2.31. The SMILES string of the molecule is CNC(=O)CCCCCCNC(=O)N1CCN(C(c2ccc(Cl)cc2)c2ccc(Cl)cc2)CC1. The van der Waals surface area contributed by atoms with E-state index in [1.54, 1.807) is 7.05 Å². The van der Waals surface area contributed by atoms with Crippen molar-refractivity contribution in [3.8, 4) is 0 Å². The number of rotatable bonds is 10. The second kappa shape index (κ2) is 13.6. The third-order valence-electron chi connectivity index (χ3n) is 6.22. The molecule has 1 fully saturated rings. The average molecular weight is 505 g/mol. The third-order valence-corrected chi connectivity index (χ3v) is 6.73. The van der Waals surface area contributed by atoms with E-state index in [4.69, 9.17) is 23.2 Å². The van der Waals surface area contributed by atoms with Gasteiger partial charge in [0, 0.05) is 56.2 Å². The van der Waals surface area contributed by atoms with Crippen LogP contribution in [0.25, 0.3) is 0 Å². The van der Waals surface area contributed by atoms with Crippen LogP contribution in [0.15, 0.2) is 48.5 Å². The first kappa shape index (κ1) is 26.3. The van der Waals surface area contributed by atoms with Crippen LogP contribution in [0.5, 0.6) is 0 Å². The van der Waals surface area contributed by atoms with Gasteiger partial charge in [0.25, 0.3) is 0 Å². The topological polar surface area (TPSA) is 64.7 Å². The normalized spacial score (nSPS) is 14.3. The van der Waals surface area contributed by atoms with E-state index in [0.717, 1.165) is 38.8 Å². The lowest BCUT2D eigenvalue weighted by atomic mass is 9.96. The van der Waals surface area contributed by atoms with Crippen molar-refractivity contribution in [3.05, 3.63) is 69.7 Å². The van der Waals surface area contributed by atoms with E-state index in [9.17, 15) is 9.59 Å². The molecule has 0 atom stereocenters.